The number of rotatable bonds is 3. The van der Waals surface area contributed by atoms with Crippen LogP contribution in [-0.2, 0) is 7.05 Å². The second-order valence-corrected chi connectivity index (χ2v) is 8.00. The van der Waals surface area contributed by atoms with Crippen LogP contribution in [-0.4, -0.2) is 46.8 Å². The van der Waals surface area contributed by atoms with Gasteiger partial charge >= 0.3 is 0 Å². The highest BCUT2D eigenvalue weighted by atomic mass is 32.1. The Morgan fingerprint density at radius 1 is 1.15 bits per heavy atom. The number of carbonyl (C=O) groups is 1. The zero-order chi connectivity index (χ0) is 19.0. The van der Waals surface area contributed by atoms with Crippen molar-refractivity contribution in [3.8, 4) is 11.1 Å². The maximum absolute atomic E-state index is 13.2. The van der Waals surface area contributed by atoms with Gasteiger partial charge in [0.1, 0.15) is 5.82 Å². The summed E-state index contributed by atoms with van der Waals surface area (Å²) in [6, 6.07) is 8.34. The average Bonchev–Trinajstić information content (AvgIpc) is 3.28. The lowest BCUT2D eigenvalue weighted by Gasteiger charge is -2.35. The van der Waals surface area contributed by atoms with Gasteiger partial charge in [0.2, 0.25) is 0 Å². The summed E-state index contributed by atoms with van der Waals surface area (Å²) in [5.74, 6) is -0.184. The quantitative estimate of drug-likeness (QED) is 0.693. The van der Waals surface area contributed by atoms with Crippen LogP contribution in [0, 0.1) is 12.7 Å². The van der Waals surface area contributed by atoms with Crippen LogP contribution < -0.4 is 4.90 Å². The molecule has 1 amide bonds. The van der Waals surface area contributed by atoms with Crippen molar-refractivity contribution in [2.75, 3.05) is 31.1 Å². The van der Waals surface area contributed by atoms with E-state index in [9.17, 15) is 9.18 Å². The van der Waals surface area contributed by atoms with E-state index in [1.165, 1.54) is 23.5 Å². The van der Waals surface area contributed by atoms with Gasteiger partial charge in [-0.15, -0.1) is 11.3 Å². The number of thiophene rings is 1. The molecule has 3 aromatic rings. The zero-order valence-corrected chi connectivity index (χ0v) is 16.2. The molecule has 4 rings (SSSR count). The Kier molecular flexibility index (Phi) is 4.70. The standard InChI is InChI=1S/C20H21FN4OS/c1-14-18(15-3-5-16(21)6-4-15)11-19(27-14)20(26)25-9-7-24(8-10-25)17-12-22-23(2)13-17/h3-6,11-13H,7-10H2,1-2H3. The minimum absolute atomic E-state index is 0.0716. The molecule has 3 heterocycles. The van der Waals surface area contributed by atoms with Crippen molar-refractivity contribution in [2.24, 2.45) is 7.05 Å². The summed E-state index contributed by atoms with van der Waals surface area (Å²) in [5, 5.41) is 4.21. The van der Waals surface area contributed by atoms with Gasteiger partial charge in [0.15, 0.2) is 0 Å². The molecule has 1 fully saturated rings. The summed E-state index contributed by atoms with van der Waals surface area (Å²) in [7, 11) is 1.90. The van der Waals surface area contributed by atoms with Crippen LogP contribution in [0.2, 0.25) is 0 Å². The number of halogens is 1. The molecular formula is C20H21FN4OS. The number of amides is 1. The molecule has 1 saturated heterocycles. The summed E-state index contributed by atoms with van der Waals surface area (Å²) in [6.07, 6.45) is 3.85. The fourth-order valence-electron chi connectivity index (χ4n) is 3.40. The third-order valence-corrected chi connectivity index (χ3v) is 5.95. The molecule has 5 nitrogen and oxygen atoms in total. The van der Waals surface area contributed by atoms with Crippen LogP contribution in [0.1, 0.15) is 14.5 Å². The number of hydrogen-bond acceptors (Lipinski definition) is 4. The molecule has 0 spiro atoms. The summed E-state index contributed by atoms with van der Waals surface area (Å²) < 4.78 is 15.0. The van der Waals surface area contributed by atoms with Crippen molar-refractivity contribution in [1.82, 2.24) is 14.7 Å². The first-order chi connectivity index (χ1) is 13.0. The van der Waals surface area contributed by atoms with E-state index in [2.05, 4.69) is 10.00 Å². The Labute approximate surface area is 161 Å². The van der Waals surface area contributed by atoms with Crippen molar-refractivity contribution in [3.63, 3.8) is 0 Å². The second kappa shape index (κ2) is 7.15. The first-order valence-corrected chi connectivity index (χ1v) is 9.72. The molecule has 2 aromatic heterocycles. The van der Waals surface area contributed by atoms with E-state index in [-0.39, 0.29) is 11.7 Å². The number of piperazine rings is 1. The van der Waals surface area contributed by atoms with E-state index in [1.54, 1.807) is 16.8 Å². The van der Waals surface area contributed by atoms with Crippen LogP contribution in [0.5, 0.6) is 0 Å². The third-order valence-electron chi connectivity index (χ3n) is 4.91. The lowest BCUT2D eigenvalue weighted by molar-refractivity contribution is 0.0751. The SMILES string of the molecule is Cc1sc(C(=O)N2CCN(c3cnn(C)c3)CC2)cc1-c1ccc(F)cc1. The van der Waals surface area contributed by atoms with E-state index in [4.69, 9.17) is 0 Å². The zero-order valence-electron chi connectivity index (χ0n) is 15.4. The number of hydrogen-bond donors (Lipinski definition) is 0. The Bertz CT molecular complexity index is 955. The van der Waals surface area contributed by atoms with Crippen LogP contribution >= 0.6 is 11.3 Å². The molecule has 0 saturated carbocycles. The molecule has 0 atom stereocenters. The number of anilines is 1. The van der Waals surface area contributed by atoms with Gasteiger partial charge in [-0.25, -0.2) is 4.39 Å². The Morgan fingerprint density at radius 3 is 2.48 bits per heavy atom. The fraction of sp³-hybridized carbons (Fsp3) is 0.300. The molecule has 0 N–H and O–H groups in total. The van der Waals surface area contributed by atoms with E-state index in [0.29, 0.717) is 13.1 Å². The van der Waals surface area contributed by atoms with Crippen molar-refractivity contribution < 1.29 is 9.18 Å². The predicted octanol–water partition coefficient (Wildman–Crippen LogP) is 3.56. The molecule has 1 aromatic carbocycles. The van der Waals surface area contributed by atoms with Gasteiger partial charge in [-0.2, -0.15) is 5.10 Å². The van der Waals surface area contributed by atoms with Crippen molar-refractivity contribution >= 4 is 22.9 Å². The molecule has 140 valence electrons. The van der Waals surface area contributed by atoms with Gasteiger partial charge in [0, 0.05) is 44.3 Å². The molecule has 7 heteroatoms. The van der Waals surface area contributed by atoms with Crippen molar-refractivity contribution in [1.29, 1.82) is 0 Å². The highest BCUT2D eigenvalue weighted by Gasteiger charge is 2.24. The van der Waals surface area contributed by atoms with Gasteiger partial charge in [-0.3, -0.25) is 9.48 Å². The van der Waals surface area contributed by atoms with Crippen molar-refractivity contribution in [3.05, 3.63) is 58.3 Å². The van der Waals surface area contributed by atoms with Crippen LogP contribution in [0.15, 0.2) is 42.7 Å². The van der Waals surface area contributed by atoms with Crippen LogP contribution in [0.3, 0.4) is 0 Å². The van der Waals surface area contributed by atoms with Crippen LogP contribution in [0.25, 0.3) is 11.1 Å². The van der Waals surface area contributed by atoms with Crippen LogP contribution in [0.4, 0.5) is 10.1 Å². The Hall–Kier alpha value is -2.67. The molecule has 0 bridgehead atoms. The number of nitrogens with zero attached hydrogens (tertiary/aromatic N) is 4. The first kappa shape index (κ1) is 17.7. The molecule has 27 heavy (non-hydrogen) atoms. The van der Waals surface area contributed by atoms with Gasteiger partial charge in [-0.05, 0) is 36.2 Å². The minimum Gasteiger partial charge on any atom is -0.365 e. The third kappa shape index (κ3) is 3.60. The van der Waals surface area contributed by atoms with E-state index in [0.717, 1.165) is 39.7 Å². The second-order valence-electron chi connectivity index (χ2n) is 6.74. The fourth-order valence-corrected chi connectivity index (χ4v) is 4.41. The molecule has 1 aliphatic rings. The molecular weight excluding hydrogens is 363 g/mol. The van der Waals surface area contributed by atoms with Crippen molar-refractivity contribution in [2.45, 2.75) is 6.92 Å². The Balaban J connectivity index is 1.46. The highest BCUT2D eigenvalue weighted by Crippen LogP contribution is 2.32. The molecule has 1 aliphatic heterocycles. The average molecular weight is 384 g/mol. The minimum atomic E-state index is -0.255. The lowest BCUT2D eigenvalue weighted by atomic mass is 10.1. The summed E-state index contributed by atoms with van der Waals surface area (Å²) in [6.45, 7) is 4.98. The first-order valence-electron chi connectivity index (χ1n) is 8.90. The summed E-state index contributed by atoms with van der Waals surface area (Å²) in [4.78, 5) is 18.9. The smallest absolute Gasteiger partial charge is 0.264 e. The van der Waals surface area contributed by atoms with Gasteiger partial charge in [0.05, 0.1) is 16.8 Å². The molecule has 0 radical (unpaired) electrons. The summed E-state index contributed by atoms with van der Waals surface area (Å²) >= 11 is 1.50. The summed E-state index contributed by atoms with van der Waals surface area (Å²) in [5.41, 5.74) is 3.03. The van der Waals surface area contributed by atoms with Gasteiger partial charge < -0.3 is 9.80 Å². The molecule has 0 aliphatic carbocycles. The predicted molar refractivity (Wildman–Crippen MR) is 106 cm³/mol. The lowest BCUT2D eigenvalue weighted by Crippen LogP contribution is -2.48. The maximum Gasteiger partial charge on any atom is 0.264 e. The number of aryl methyl sites for hydroxylation is 2. The van der Waals surface area contributed by atoms with E-state index in [1.807, 2.05) is 37.3 Å². The van der Waals surface area contributed by atoms with Gasteiger partial charge in [0.25, 0.3) is 5.91 Å². The normalized spacial score (nSPS) is 14.6. The monoisotopic (exact) mass is 384 g/mol. The van der Waals surface area contributed by atoms with E-state index >= 15 is 0 Å². The topological polar surface area (TPSA) is 41.4 Å². The Morgan fingerprint density at radius 2 is 1.85 bits per heavy atom. The number of benzene rings is 1. The van der Waals surface area contributed by atoms with Gasteiger partial charge in [-0.1, -0.05) is 12.1 Å². The molecule has 0 unspecified atom stereocenters. The largest absolute Gasteiger partial charge is 0.365 e. The highest BCUT2D eigenvalue weighted by molar-refractivity contribution is 7.14. The maximum atomic E-state index is 13.2. The van der Waals surface area contributed by atoms with E-state index < -0.39 is 0 Å². The number of aromatic nitrogens is 2. The number of carbonyl (C=O) groups excluding carboxylic acids is 1.